The molecule has 19 heavy (non-hydrogen) atoms. The number of carbonyl (C=O) groups is 1. The Kier molecular flexibility index (Phi) is 4.16. The van der Waals surface area contributed by atoms with Crippen LogP contribution in [0, 0.1) is 5.82 Å². The predicted molar refractivity (Wildman–Crippen MR) is 70.3 cm³/mol. The highest BCUT2D eigenvalue weighted by atomic mass is 35.5. The van der Waals surface area contributed by atoms with E-state index >= 15 is 0 Å². The highest BCUT2D eigenvalue weighted by Gasteiger charge is 2.15. The maximum absolute atomic E-state index is 13.5. The van der Waals surface area contributed by atoms with Gasteiger partial charge in [-0.25, -0.2) is 9.37 Å². The summed E-state index contributed by atoms with van der Waals surface area (Å²) in [6, 6.07) is 4.08. The number of nitrogens with one attached hydrogen (secondary N) is 2. The molecule has 2 aromatic rings. The van der Waals surface area contributed by atoms with Crippen LogP contribution < -0.4 is 5.32 Å². The van der Waals surface area contributed by atoms with Gasteiger partial charge in [-0.1, -0.05) is 17.7 Å². The summed E-state index contributed by atoms with van der Waals surface area (Å²) < 4.78 is 13.5. The summed E-state index contributed by atoms with van der Waals surface area (Å²) in [4.78, 5) is 18.8. The van der Waals surface area contributed by atoms with E-state index in [1.54, 1.807) is 25.4 Å². The van der Waals surface area contributed by atoms with E-state index in [9.17, 15) is 9.18 Å². The fraction of sp³-hybridized carbons (Fsp3) is 0.231. The Morgan fingerprint density at radius 2 is 2.37 bits per heavy atom. The van der Waals surface area contributed by atoms with Crippen LogP contribution in [-0.4, -0.2) is 15.9 Å². The number of hydrogen-bond acceptors (Lipinski definition) is 2. The van der Waals surface area contributed by atoms with Crippen molar-refractivity contribution >= 4 is 17.5 Å². The molecule has 1 amide bonds. The number of benzene rings is 1. The first-order valence-electron chi connectivity index (χ1n) is 5.79. The van der Waals surface area contributed by atoms with Gasteiger partial charge < -0.3 is 10.3 Å². The molecule has 0 spiro atoms. The van der Waals surface area contributed by atoms with E-state index in [0.717, 1.165) is 0 Å². The van der Waals surface area contributed by atoms with Crippen molar-refractivity contribution < 1.29 is 9.18 Å². The molecule has 0 aliphatic rings. The van der Waals surface area contributed by atoms with Crippen LogP contribution in [0.1, 0.15) is 24.4 Å². The molecule has 0 bridgehead atoms. The van der Waals surface area contributed by atoms with Gasteiger partial charge in [-0.2, -0.15) is 0 Å². The van der Waals surface area contributed by atoms with Crippen molar-refractivity contribution in [3.05, 3.63) is 52.8 Å². The topological polar surface area (TPSA) is 57.8 Å². The molecule has 1 unspecified atom stereocenters. The second-order valence-electron chi connectivity index (χ2n) is 4.14. The Morgan fingerprint density at radius 3 is 3.00 bits per heavy atom. The monoisotopic (exact) mass is 281 g/mol. The predicted octanol–water partition coefficient (Wildman–Crippen LogP) is 2.62. The minimum absolute atomic E-state index is 0.101. The zero-order chi connectivity index (χ0) is 13.8. The van der Waals surface area contributed by atoms with Crippen LogP contribution in [0.15, 0.2) is 30.6 Å². The molecule has 0 aliphatic carbocycles. The lowest BCUT2D eigenvalue weighted by molar-refractivity contribution is -0.121. The van der Waals surface area contributed by atoms with Crippen LogP contribution in [0.25, 0.3) is 0 Å². The van der Waals surface area contributed by atoms with Crippen molar-refractivity contribution in [2.24, 2.45) is 0 Å². The summed E-state index contributed by atoms with van der Waals surface area (Å²) >= 11 is 5.87. The summed E-state index contributed by atoms with van der Waals surface area (Å²) in [6.07, 6.45) is 3.17. The smallest absolute Gasteiger partial charge is 0.225 e. The number of hydrogen-bond donors (Lipinski definition) is 2. The minimum atomic E-state index is -0.478. The first-order valence-corrected chi connectivity index (χ1v) is 6.17. The Labute approximate surface area is 115 Å². The van der Waals surface area contributed by atoms with E-state index in [4.69, 9.17) is 11.6 Å². The second kappa shape index (κ2) is 5.84. The molecule has 0 radical (unpaired) electrons. The lowest BCUT2D eigenvalue weighted by Gasteiger charge is -2.12. The van der Waals surface area contributed by atoms with Gasteiger partial charge in [-0.05, 0) is 19.1 Å². The Morgan fingerprint density at radius 1 is 1.58 bits per heavy atom. The van der Waals surface area contributed by atoms with Crippen LogP contribution >= 0.6 is 11.6 Å². The van der Waals surface area contributed by atoms with Crippen molar-refractivity contribution in [2.75, 3.05) is 0 Å². The third kappa shape index (κ3) is 3.32. The fourth-order valence-electron chi connectivity index (χ4n) is 1.74. The number of imidazole rings is 1. The number of amides is 1. The van der Waals surface area contributed by atoms with E-state index in [0.29, 0.717) is 5.82 Å². The van der Waals surface area contributed by atoms with Crippen molar-refractivity contribution in [1.29, 1.82) is 0 Å². The van der Waals surface area contributed by atoms with Crippen LogP contribution in [0.4, 0.5) is 4.39 Å². The molecule has 6 heteroatoms. The fourth-order valence-corrected chi connectivity index (χ4v) is 1.97. The van der Waals surface area contributed by atoms with Gasteiger partial charge in [-0.15, -0.1) is 0 Å². The number of rotatable bonds is 4. The first kappa shape index (κ1) is 13.5. The first-order chi connectivity index (χ1) is 9.08. The van der Waals surface area contributed by atoms with Crippen molar-refractivity contribution in [3.63, 3.8) is 0 Å². The summed E-state index contributed by atoms with van der Waals surface area (Å²) in [6.45, 7) is 1.79. The number of aromatic amines is 1. The largest absolute Gasteiger partial charge is 0.347 e. The van der Waals surface area contributed by atoms with Crippen molar-refractivity contribution in [2.45, 2.75) is 19.4 Å². The third-order valence-electron chi connectivity index (χ3n) is 2.71. The zero-order valence-electron chi connectivity index (χ0n) is 10.3. The SMILES string of the molecule is CC(NC(=O)Cc1c(F)cccc1Cl)c1ncc[nH]1. The molecule has 1 heterocycles. The molecular formula is C13H13ClFN3O. The van der Waals surface area contributed by atoms with Crippen LogP contribution in [0.5, 0.6) is 0 Å². The molecule has 1 aromatic heterocycles. The summed E-state index contributed by atoms with van der Waals surface area (Å²) in [5, 5.41) is 2.98. The summed E-state index contributed by atoms with van der Waals surface area (Å²) in [7, 11) is 0. The van der Waals surface area contributed by atoms with Gasteiger partial charge in [0.15, 0.2) is 0 Å². The molecule has 0 saturated carbocycles. The molecule has 0 saturated heterocycles. The standard InChI is InChI=1S/C13H13ClFN3O/c1-8(13-16-5-6-17-13)18-12(19)7-9-10(14)3-2-4-11(9)15/h2-6,8H,7H2,1H3,(H,16,17)(H,18,19). The lowest BCUT2D eigenvalue weighted by atomic mass is 10.1. The molecule has 2 rings (SSSR count). The molecule has 4 nitrogen and oxygen atoms in total. The van der Waals surface area contributed by atoms with Crippen LogP contribution in [-0.2, 0) is 11.2 Å². The molecule has 2 N–H and O–H groups in total. The zero-order valence-corrected chi connectivity index (χ0v) is 11.0. The number of nitrogens with zero attached hydrogens (tertiary/aromatic N) is 1. The maximum atomic E-state index is 13.5. The molecule has 1 aromatic carbocycles. The highest BCUT2D eigenvalue weighted by molar-refractivity contribution is 6.31. The van der Waals surface area contributed by atoms with Crippen LogP contribution in [0.2, 0.25) is 5.02 Å². The molecule has 1 atom stereocenters. The highest BCUT2D eigenvalue weighted by Crippen LogP contribution is 2.19. The van der Waals surface area contributed by atoms with Gasteiger partial charge in [0, 0.05) is 23.0 Å². The molecular weight excluding hydrogens is 269 g/mol. The quantitative estimate of drug-likeness (QED) is 0.905. The maximum Gasteiger partial charge on any atom is 0.225 e. The number of aromatic nitrogens is 2. The Bertz CT molecular complexity index is 551. The molecule has 100 valence electrons. The number of H-pyrrole nitrogens is 1. The molecule has 0 aliphatic heterocycles. The van der Waals surface area contributed by atoms with E-state index in [1.807, 2.05) is 0 Å². The van der Waals surface area contributed by atoms with Gasteiger partial charge in [0.2, 0.25) is 5.91 Å². The molecule has 0 fully saturated rings. The number of halogens is 2. The number of carbonyl (C=O) groups excluding carboxylic acids is 1. The van der Waals surface area contributed by atoms with Gasteiger partial charge in [-0.3, -0.25) is 4.79 Å². The average molecular weight is 282 g/mol. The minimum Gasteiger partial charge on any atom is -0.347 e. The third-order valence-corrected chi connectivity index (χ3v) is 3.06. The van der Waals surface area contributed by atoms with E-state index in [1.165, 1.54) is 12.1 Å². The Balaban J connectivity index is 2.02. The summed E-state index contributed by atoms with van der Waals surface area (Å²) in [5.41, 5.74) is 0.202. The Hall–Kier alpha value is -1.88. The van der Waals surface area contributed by atoms with Gasteiger partial charge >= 0.3 is 0 Å². The van der Waals surface area contributed by atoms with Gasteiger partial charge in [0.05, 0.1) is 12.5 Å². The van der Waals surface area contributed by atoms with Crippen molar-refractivity contribution in [1.82, 2.24) is 15.3 Å². The normalized spacial score (nSPS) is 12.2. The van der Waals surface area contributed by atoms with Gasteiger partial charge in [0.25, 0.3) is 0 Å². The van der Waals surface area contributed by atoms with Crippen LogP contribution in [0.3, 0.4) is 0 Å². The summed E-state index contributed by atoms with van der Waals surface area (Å²) in [5.74, 6) is -0.141. The van der Waals surface area contributed by atoms with E-state index in [-0.39, 0.29) is 29.0 Å². The van der Waals surface area contributed by atoms with E-state index < -0.39 is 5.82 Å². The van der Waals surface area contributed by atoms with E-state index in [2.05, 4.69) is 15.3 Å². The van der Waals surface area contributed by atoms with Crippen molar-refractivity contribution in [3.8, 4) is 0 Å². The average Bonchev–Trinajstić information content (AvgIpc) is 2.88. The second-order valence-corrected chi connectivity index (χ2v) is 4.55. The van der Waals surface area contributed by atoms with Gasteiger partial charge in [0.1, 0.15) is 11.6 Å². The lowest BCUT2D eigenvalue weighted by Crippen LogP contribution is -2.29.